The van der Waals surface area contributed by atoms with E-state index in [9.17, 15) is 14.0 Å². The summed E-state index contributed by atoms with van der Waals surface area (Å²) in [5.41, 5.74) is 0.512. The number of likely N-dealkylation sites (tertiary alicyclic amines) is 1. The summed E-state index contributed by atoms with van der Waals surface area (Å²) in [6.07, 6.45) is 0.453. The zero-order chi connectivity index (χ0) is 17.9. The molecule has 1 atom stereocenters. The lowest BCUT2D eigenvalue weighted by atomic mass is 10.0. The summed E-state index contributed by atoms with van der Waals surface area (Å²) in [7, 11) is 5.24. The van der Waals surface area contributed by atoms with Crippen molar-refractivity contribution in [2.45, 2.75) is 18.4 Å². The van der Waals surface area contributed by atoms with Crippen LogP contribution >= 0.6 is 15.9 Å². The van der Waals surface area contributed by atoms with E-state index in [0.29, 0.717) is 16.7 Å². The number of halogens is 3. The fraction of sp³-hybridized carbons (Fsp3) is 0.500. The molecule has 0 amide bonds. The average molecular weight is 401 g/mol. The minimum Gasteiger partial charge on any atom is -0.481 e. The molecular weight excluding hydrogens is 382 g/mol. The summed E-state index contributed by atoms with van der Waals surface area (Å²) in [5, 5.41) is 9.46. The van der Waals surface area contributed by atoms with Crippen LogP contribution in [0.15, 0.2) is 21.6 Å². The van der Waals surface area contributed by atoms with E-state index in [4.69, 9.17) is 4.74 Å². The fourth-order valence-corrected chi connectivity index (χ4v) is 2.86. The number of piperidine rings is 1. The van der Waals surface area contributed by atoms with Crippen LogP contribution in [0.4, 0.5) is 14.5 Å². The monoisotopic (exact) mass is 400 g/mol. The molecule has 1 aromatic carbocycles. The van der Waals surface area contributed by atoms with Crippen molar-refractivity contribution >= 4 is 28.0 Å². The number of hydrogen-bond acceptors (Lipinski definition) is 4. The highest BCUT2D eigenvalue weighted by atomic mass is 79.9. The first-order valence-corrected chi connectivity index (χ1v) is 8.20. The molecule has 0 N–H and O–H groups in total. The summed E-state index contributed by atoms with van der Waals surface area (Å²) in [6, 6.07) is 5.30. The van der Waals surface area contributed by atoms with E-state index in [2.05, 4.69) is 20.9 Å². The molecule has 0 unspecified atom stereocenters. The molecule has 1 aromatic rings. The van der Waals surface area contributed by atoms with E-state index in [1.807, 2.05) is 6.07 Å². The molecule has 0 spiro atoms. The summed E-state index contributed by atoms with van der Waals surface area (Å²) in [5.74, 6) is -2.87. The molecule has 1 saturated heterocycles. The van der Waals surface area contributed by atoms with E-state index in [0.717, 1.165) is 0 Å². The molecule has 2 rings (SSSR count). The predicted molar refractivity (Wildman–Crippen MR) is 92.2 cm³/mol. The van der Waals surface area contributed by atoms with Crippen LogP contribution in [0.25, 0.3) is 0 Å². The van der Waals surface area contributed by atoms with Crippen LogP contribution in [0.5, 0.6) is 5.75 Å². The Bertz CT molecular complexity index is 673. The van der Waals surface area contributed by atoms with Gasteiger partial charge in [0, 0.05) is 27.1 Å². The fourth-order valence-electron chi connectivity index (χ4n) is 2.43. The summed E-state index contributed by atoms with van der Waals surface area (Å²) in [6.45, 7) is 0.147. The summed E-state index contributed by atoms with van der Waals surface area (Å²) >= 11 is 3.28. The minimum absolute atomic E-state index is 0.111. The van der Waals surface area contributed by atoms with Crippen LogP contribution in [0.3, 0.4) is 0 Å². The zero-order valence-electron chi connectivity index (χ0n) is 13.8. The summed E-state index contributed by atoms with van der Waals surface area (Å²) in [4.78, 5) is 7.49. The van der Waals surface area contributed by atoms with Gasteiger partial charge in [-0.1, -0.05) is 0 Å². The topological polar surface area (TPSA) is 51.9 Å². The Morgan fingerprint density at radius 2 is 2.21 bits per heavy atom. The molecule has 24 heavy (non-hydrogen) atoms. The largest absolute Gasteiger partial charge is 0.481 e. The molecule has 5 nitrogen and oxygen atoms in total. The molecule has 0 bridgehead atoms. The minimum atomic E-state index is -2.98. The Hall–Kier alpha value is -1.72. The van der Waals surface area contributed by atoms with E-state index in [1.54, 1.807) is 43.1 Å². The van der Waals surface area contributed by atoms with E-state index in [1.165, 1.54) is 6.34 Å². The maximum atomic E-state index is 14.2. The van der Waals surface area contributed by atoms with Crippen molar-refractivity contribution in [3.63, 3.8) is 0 Å². The van der Waals surface area contributed by atoms with Crippen LogP contribution < -0.4 is 4.74 Å². The van der Waals surface area contributed by atoms with Crippen molar-refractivity contribution in [1.82, 2.24) is 9.80 Å². The number of ether oxygens (including phenoxy) is 1. The highest BCUT2D eigenvalue weighted by Crippen LogP contribution is 2.39. The van der Waals surface area contributed by atoms with Crippen LogP contribution in [-0.2, 0) is 0 Å². The van der Waals surface area contributed by atoms with Gasteiger partial charge in [0.1, 0.15) is 11.6 Å². The second-order valence-electron chi connectivity index (χ2n) is 5.98. The van der Waals surface area contributed by atoms with Gasteiger partial charge in [-0.05, 0) is 35.1 Å². The Kier molecular flexibility index (Phi) is 5.78. The number of nitrogens with zero attached hydrogens (tertiary/aromatic N) is 4. The lowest BCUT2D eigenvalue weighted by molar-refractivity contribution is -0.135. The second kappa shape index (κ2) is 7.45. The van der Waals surface area contributed by atoms with Gasteiger partial charge in [0.15, 0.2) is 11.9 Å². The molecule has 1 aliphatic heterocycles. The Labute approximate surface area is 148 Å². The predicted octanol–water partition coefficient (Wildman–Crippen LogP) is 3.26. The van der Waals surface area contributed by atoms with Crippen molar-refractivity contribution in [1.29, 1.82) is 5.26 Å². The van der Waals surface area contributed by atoms with Crippen molar-refractivity contribution in [2.24, 2.45) is 4.99 Å². The molecule has 1 aliphatic rings. The van der Waals surface area contributed by atoms with Gasteiger partial charge in [0.25, 0.3) is 5.92 Å². The quantitative estimate of drug-likeness (QED) is 0.574. The maximum absolute atomic E-state index is 14.2. The number of nitriles is 1. The van der Waals surface area contributed by atoms with Gasteiger partial charge >= 0.3 is 0 Å². The number of alkyl halides is 2. The third-order valence-electron chi connectivity index (χ3n) is 3.61. The molecule has 0 aromatic heterocycles. The normalized spacial score (nSPS) is 20.8. The van der Waals surface area contributed by atoms with Crippen LogP contribution in [-0.4, -0.2) is 62.4 Å². The second-order valence-corrected chi connectivity index (χ2v) is 6.84. The van der Waals surface area contributed by atoms with Gasteiger partial charge in [0.2, 0.25) is 0 Å². The number of rotatable bonds is 4. The lowest BCUT2D eigenvalue weighted by Gasteiger charge is -2.36. The molecule has 1 heterocycles. The van der Waals surface area contributed by atoms with Crippen molar-refractivity contribution in [3.8, 4) is 11.8 Å². The zero-order valence-corrected chi connectivity index (χ0v) is 15.3. The maximum Gasteiger partial charge on any atom is 0.296 e. The molecule has 130 valence electrons. The van der Waals surface area contributed by atoms with Crippen molar-refractivity contribution in [2.75, 3.05) is 34.2 Å². The first-order valence-electron chi connectivity index (χ1n) is 7.41. The Morgan fingerprint density at radius 1 is 1.50 bits per heavy atom. The van der Waals surface area contributed by atoms with E-state index < -0.39 is 12.0 Å². The molecule has 1 fully saturated rings. The molecule has 8 heteroatoms. The summed E-state index contributed by atoms with van der Waals surface area (Å²) < 4.78 is 34.5. The van der Waals surface area contributed by atoms with Crippen molar-refractivity contribution in [3.05, 3.63) is 22.2 Å². The van der Waals surface area contributed by atoms with Gasteiger partial charge in [-0.2, -0.15) is 5.26 Å². The van der Waals surface area contributed by atoms with Crippen LogP contribution in [0.1, 0.15) is 12.0 Å². The molecular formula is C16H19BrF2N4O. The Morgan fingerprint density at radius 3 is 2.79 bits per heavy atom. The van der Waals surface area contributed by atoms with Gasteiger partial charge in [0.05, 0.1) is 23.0 Å². The average Bonchev–Trinajstić information content (AvgIpc) is 2.49. The molecule has 0 aliphatic carbocycles. The van der Waals surface area contributed by atoms with Crippen LogP contribution in [0, 0.1) is 11.3 Å². The smallest absolute Gasteiger partial charge is 0.296 e. The third kappa shape index (κ3) is 4.22. The van der Waals surface area contributed by atoms with E-state index in [-0.39, 0.29) is 24.3 Å². The van der Waals surface area contributed by atoms with Crippen molar-refractivity contribution < 1.29 is 13.5 Å². The van der Waals surface area contributed by atoms with Gasteiger partial charge in [-0.25, -0.2) is 13.8 Å². The Balaban J connectivity index is 2.36. The highest BCUT2D eigenvalue weighted by Gasteiger charge is 2.46. The van der Waals surface area contributed by atoms with Gasteiger partial charge in [-0.15, -0.1) is 0 Å². The van der Waals surface area contributed by atoms with E-state index >= 15 is 0 Å². The highest BCUT2D eigenvalue weighted by molar-refractivity contribution is 9.10. The SMILES string of the molecule is CN(C)/C=N/c1ccc(Br)c(O[C@@H]2CCN(C)CC2(F)F)c1C#N. The van der Waals surface area contributed by atoms with Gasteiger partial charge < -0.3 is 14.5 Å². The molecule has 0 radical (unpaired) electrons. The lowest BCUT2D eigenvalue weighted by Crippen LogP contribution is -2.52. The van der Waals surface area contributed by atoms with Crippen LogP contribution in [0.2, 0.25) is 0 Å². The standard InChI is InChI=1S/C16H19BrF2N4O/c1-22(2)10-21-13-5-4-12(17)15(11(13)8-20)24-14-6-7-23(3)9-16(14,18)19/h4-5,10,14H,6-7,9H2,1-3H3/b21-10+/t14-/m1/s1. The first-order chi connectivity index (χ1) is 11.2. The third-order valence-corrected chi connectivity index (χ3v) is 4.24. The number of benzene rings is 1. The molecule has 0 saturated carbocycles. The number of aliphatic imine (C=N–C) groups is 1. The van der Waals surface area contributed by atoms with Gasteiger partial charge in [-0.3, -0.25) is 0 Å². The first kappa shape index (κ1) is 18.6. The number of hydrogen-bond donors (Lipinski definition) is 0.